The van der Waals surface area contributed by atoms with Crippen LogP contribution < -0.4 is 0 Å². The van der Waals surface area contributed by atoms with E-state index in [1.54, 1.807) is 11.4 Å². The Bertz CT molecular complexity index is 460. The summed E-state index contributed by atoms with van der Waals surface area (Å²) in [4.78, 5) is 25.1. The van der Waals surface area contributed by atoms with E-state index in [1.165, 1.54) is 16.2 Å². The monoisotopic (exact) mass is 331 g/mol. The summed E-state index contributed by atoms with van der Waals surface area (Å²) in [6, 6.07) is 1.07. The predicted octanol–water partition coefficient (Wildman–Crippen LogP) is 2.98. The number of carboxylic acids is 1. The van der Waals surface area contributed by atoms with E-state index < -0.39 is 12.0 Å². The van der Waals surface area contributed by atoms with Crippen LogP contribution in [0.5, 0.6) is 0 Å². The van der Waals surface area contributed by atoms with Gasteiger partial charge in [-0.05, 0) is 34.8 Å². The van der Waals surface area contributed by atoms with Gasteiger partial charge < -0.3 is 10.0 Å². The molecular formula is C12H14BrNO3S. The Morgan fingerprint density at radius 2 is 2.17 bits per heavy atom. The normalized spacial score (nSPS) is 20.5. The second-order valence-corrected chi connectivity index (χ2v) is 6.63. The van der Waals surface area contributed by atoms with Gasteiger partial charge in [0.2, 0.25) is 0 Å². The molecule has 0 bridgehead atoms. The Balaban J connectivity index is 2.22. The molecule has 18 heavy (non-hydrogen) atoms. The lowest BCUT2D eigenvalue weighted by Gasteiger charge is -2.26. The van der Waals surface area contributed by atoms with E-state index >= 15 is 0 Å². The number of aliphatic carboxylic acids is 1. The Labute approximate surface area is 118 Å². The Hall–Kier alpha value is -0.880. The second-order valence-electron chi connectivity index (χ2n) is 4.34. The smallest absolute Gasteiger partial charge is 0.326 e. The van der Waals surface area contributed by atoms with Crippen molar-refractivity contribution in [3.8, 4) is 0 Å². The van der Waals surface area contributed by atoms with E-state index in [0.29, 0.717) is 18.5 Å². The van der Waals surface area contributed by atoms with E-state index in [-0.39, 0.29) is 5.91 Å². The first kappa shape index (κ1) is 13.5. The Morgan fingerprint density at radius 1 is 1.39 bits per heavy atom. The molecule has 2 rings (SSSR count). The maximum Gasteiger partial charge on any atom is 0.326 e. The molecule has 0 radical (unpaired) electrons. The number of hydrogen-bond donors (Lipinski definition) is 1. The van der Waals surface area contributed by atoms with Crippen molar-refractivity contribution in [1.29, 1.82) is 0 Å². The lowest BCUT2D eigenvalue weighted by atomic mass is 10.1. The maximum atomic E-state index is 12.3. The third kappa shape index (κ3) is 2.92. The first-order valence-electron chi connectivity index (χ1n) is 5.87. The number of carboxylic acid groups (broad SMARTS) is 1. The zero-order valence-electron chi connectivity index (χ0n) is 9.76. The molecule has 0 aromatic carbocycles. The summed E-state index contributed by atoms with van der Waals surface area (Å²) in [5, 5.41) is 11.0. The Morgan fingerprint density at radius 3 is 2.78 bits per heavy atom. The summed E-state index contributed by atoms with van der Waals surface area (Å²) < 4.78 is 0.882. The lowest BCUT2D eigenvalue weighted by Crippen LogP contribution is -2.44. The average molecular weight is 332 g/mol. The van der Waals surface area contributed by atoms with Crippen LogP contribution in [0, 0.1) is 0 Å². The highest BCUT2D eigenvalue weighted by atomic mass is 79.9. The van der Waals surface area contributed by atoms with Crippen molar-refractivity contribution >= 4 is 39.1 Å². The van der Waals surface area contributed by atoms with Gasteiger partial charge in [-0.3, -0.25) is 4.79 Å². The molecule has 1 unspecified atom stereocenters. The van der Waals surface area contributed by atoms with Gasteiger partial charge in [-0.1, -0.05) is 12.8 Å². The van der Waals surface area contributed by atoms with Crippen LogP contribution in [0.1, 0.15) is 36.0 Å². The van der Waals surface area contributed by atoms with E-state index in [0.717, 1.165) is 23.0 Å². The van der Waals surface area contributed by atoms with Crippen LogP contribution in [0.3, 0.4) is 0 Å². The van der Waals surface area contributed by atoms with Crippen LogP contribution >= 0.6 is 27.3 Å². The van der Waals surface area contributed by atoms with Crippen LogP contribution in [0.2, 0.25) is 0 Å². The van der Waals surface area contributed by atoms with Gasteiger partial charge in [0.25, 0.3) is 5.91 Å². The summed E-state index contributed by atoms with van der Waals surface area (Å²) in [5.74, 6) is -1.08. The number of nitrogens with zero attached hydrogens (tertiary/aromatic N) is 1. The highest BCUT2D eigenvalue weighted by Gasteiger charge is 2.31. The summed E-state index contributed by atoms with van der Waals surface area (Å²) in [6.45, 7) is 0.531. The van der Waals surface area contributed by atoms with Gasteiger partial charge in [0, 0.05) is 11.9 Å². The van der Waals surface area contributed by atoms with Crippen LogP contribution in [0.4, 0.5) is 0 Å². The minimum Gasteiger partial charge on any atom is -0.480 e. The zero-order chi connectivity index (χ0) is 13.1. The second kappa shape index (κ2) is 5.84. The van der Waals surface area contributed by atoms with Gasteiger partial charge in [-0.2, -0.15) is 0 Å². The molecule has 1 aromatic heterocycles. The number of halogens is 1. The standard InChI is InChI=1S/C12H14BrNO3S/c13-10-6-8(7-18-10)11(15)14-5-3-1-2-4-9(14)12(16)17/h6-7,9H,1-5H2,(H,16,17). The first-order valence-corrected chi connectivity index (χ1v) is 7.54. The van der Waals surface area contributed by atoms with Gasteiger partial charge in [0.15, 0.2) is 0 Å². The molecule has 1 N–H and O–H groups in total. The molecule has 0 saturated carbocycles. The van der Waals surface area contributed by atoms with Crippen LogP contribution in [-0.4, -0.2) is 34.5 Å². The number of likely N-dealkylation sites (tertiary alicyclic amines) is 1. The average Bonchev–Trinajstić information content (AvgIpc) is 2.63. The largest absolute Gasteiger partial charge is 0.480 e. The third-order valence-electron chi connectivity index (χ3n) is 3.11. The van der Waals surface area contributed by atoms with Gasteiger partial charge in [-0.15, -0.1) is 11.3 Å². The number of carbonyl (C=O) groups excluding carboxylic acids is 1. The molecule has 1 aliphatic rings. The summed E-state index contributed by atoms with van der Waals surface area (Å²) in [7, 11) is 0. The van der Waals surface area contributed by atoms with E-state index in [1.807, 2.05) is 0 Å². The topological polar surface area (TPSA) is 57.6 Å². The molecule has 2 heterocycles. The summed E-state index contributed by atoms with van der Waals surface area (Å²) in [6.07, 6.45) is 3.28. The van der Waals surface area contributed by atoms with Crippen LogP contribution in [0.25, 0.3) is 0 Å². The fraction of sp³-hybridized carbons (Fsp3) is 0.500. The molecule has 1 aliphatic heterocycles. The summed E-state index contributed by atoms with van der Waals surface area (Å²) in [5.41, 5.74) is 0.569. The maximum absolute atomic E-state index is 12.3. The zero-order valence-corrected chi connectivity index (χ0v) is 12.2. The van der Waals surface area contributed by atoms with Crippen molar-refractivity contribution in [3.05, 3.63) is 20.8 Å². The van der Waals surface area contributed by atoms with E-state index in [2.05, 4.69) is 15.9 Å². The SMILES string of the molecule is O=C(O)C1CCCCCN1C(=O)c1csc(Br)c1. The number of hydrogen-bond acceptors (Lipinski definition) is 3. The van der Waals surface area contributed by atoms with Crippen molar-refractivity contribution in [3.63, 3.8) is 0 Å². The Kier molecular flexibility index (Phi) is 4.40. The minimum absolute atomic E-state index is 0.175. The number of carbonyl (C=O) groups is 2. The molecule has 1 fully saturated rings. The molecule has 0 aliphatic carbocycles. The molecule has 1 aromatic rings. The van der Waals surface area contributed by atoms with Crippen molar-refractivity contribution in [2.75, 3.05) is 6.54 Å². The van der Waals surface area contributed by atoms with Gasteiger partial charge in [0.1, 0.15) is 6.04 Å². The predicted molar refractivity (Wildman–Crippen MR) is 72.9 cm³/mol. The van der Waals surface area contributed by atoms with Gasteiger partial charge in [-0.25, -0.2) is 4.79 Å². The highest BCUT2D eigenvalue weighted by Crippen LogP contribution is 2.24. The summed E-state index contributed by atoms with van der Waals surface area (Å²) >= 11 is 4.75. The number of thiophene rings is 1. The van der Waals surface area contributed by atoms with Crippen molar-refractivity contribution in [2.24, 2.45) is 0 Å². The van der Waals surface area contributed by atoms with Crippen LogP contribution in [0.15, 0.2) is 15.2 Å². The number of rotatable bonds is 2. The molecule has 98 valence electrons. The van der Waals surface area contributed by atoms with Gasteiger partial charge >= 0.3 is 5.97 Å². The molecule has 1 atom stereocenters. The molecule has 6 heteroatoms. The van der Waals surface area contributed by atoms with Crippen molar-refractivity contribution < 1.29 is 14.7 Å². The fourth-order valence-corrected chi connectivity index (χ4v) is 3.33. The number of amides is 1. The van der Waals surface area contributed by atoms with E-state index in [9.17, 15) is 14.7 Å². The highest BCUT2D eigenvalue weighted by molar-refractivity contribution is 9.11. The van der Waals surface area contributed by atoms with Crippen molar-refractivity contribution in [1.82, 2.24) is 4.90 Å². The molecule has 1 saturated heterocycles. The fourth-order valence-electron chi connectivity index (χ4n) is 2.20. The van der Waals surface area contributed by atoms with E-state index in [4.69, 9.17) is 0 Å². The minimum atomic E-state index is -0.903. The first-order chi connectivity index (χ1) is 8.59. The molecular weight excluding hydrogens is 318 g/mol. The van der Waals surface area contributed by atoms with Crippen LogP contribution in [-0.2, 0) is 4.79 Å². The molecule has 4 nitrogen and oxygen atoms in total. The third-order valence-corrected chi connectivity index (χ3v) is 4.62. The molecule has 0 spiro atoms. The molecule has 1 amide bonds. The lowest BCUT2D eigenvalue weighted by molar-refractivity contribution is -0.142. The van der Waals surface area contributed by atoms with Gasteiger partial charge in [0.05, 0.1) is 9.35 Å². The quantitative estimate of drug-likeness (QED) is 0.906. The van der Waals surface area contributed by atoms with Crippen molar-refractivity contribution in [2.45, 2.75) is 31.7 Å².